The third-order valence-electron chi connectivity index (χ3n) is 3.31. The molecule has 0 unspecified atom stereocenters. The lowest BCUT2D eigenvalue weighted by atomic mass is 10.1. The lowest BCUT2D eigenvalue weighted by Crippen LogP contribution is -2.30. The number of rotatable bonds is 5. The second kappa shape index (κ2) is 7.11. The first-order valence-electron chi connectivity index (χ1n) is 7.56. The number of hydrogen-bond acceptors (Lipinski definition) is 4. The van der Waals surface area contributed by atoms with Gasteiger partial charge in [0.1, 0.15) is 5.82 Å². The zero-order valence-electron chi connectivity index (χ0n) is 14.1. The number of amides is 1. The molecule has 0 atom stereocenters. The Morgan fingerprint density at radius 1 is 1.12 bits per heavy atom. The third kappa shape index (κ3) is 4.39. The summed E-state index contributed by atoms with van der Waals surface area (Å²) in [7, 11) is -3.66. The van der Waals surface area contributed by atoms with Crippen LogP contribution in [0.2, 0.25) is 0 Å². The fraction of sp³-hybridized carbons (Fsp3) is 0.294. The molecule has 2 aromatic rings. The molecule has 0 saturated heterocycles. The number of aromatic nitrogens is 1. The van der Waals surface area contributed by atoms with Crippen LogP contribution in [-0.4, -0.2) is 25.4 Å². The van der Waals surface area contributed by atoms with Gasteiger partial charge in [-0.1, -0.05) is 6.07 Å². The van der Waals surface area contributed by atoms with Crippen molar-refractivity contribution in [3.05, 3.63) is 53.2 Å². The Bertz CT molecular complexity index is 861. The first-order chi connectivity index (χ1) is 11.2. The van der Waals surface area contributed by atoms with Crippen LogP contribution in [-0.2, 0) is 10.0 Å². The number of aryl methyl sites for hydroxylation is 2. The van der Waals surface area contributed by atoms with Crippen LogP contribution in [0.25, 0.3) is 0 Å². The van der Waals surface area contributed by atoms with Crippen molar-refractivity contribution in [2.24, 2.45) is 0 Å². The molecule has 0 aliphatic carbocycles. The van der Waals surface area contributed by atoms with E-state index >= 15 is 0 Å². The minimum Gasteiger partial charge on any atom is -0.307 e. The van der Waals surface area contributed by atoms with E-state index in [4.69, 9.17) is 0 Å². The van der Waals surface area contributed by atoms with Gasteiger partial charge in [-0.2, -0.15) is 0 Å². The van der Waals surface area contributed by atoms with Crippen molar-refractivity contribution in [3.63, 3.8) is 0 Å². The molecule has 0 aliphatic heterocycles. The number of carbonyl (C=O) groups is 1. The Morgan fingerprint density at radius 3 is 2.46 bits per heavy atom. The number of pyridine rings is 1. The summed E-state index contributed by atoms with van der Waals surface area (Å²) >= 11 is 0. The van der Waals surface area contributed by atoms with E-state index < -0.39 is 15.9 Å². The molecule has 1 heterocycles. The maximum absolute atomic E-state index is 12.5. The van der Waals surface area contributed by atoms with Crippen LogP contribution < -0.4 is 10.0 Å². The van der Waals surface area contributed by atoms with E-state index in [1.807, 2.05) is 13.0 Å². The van der Waals surface area contributed by atoms with Crippen molar-refractivity contribution in [2.45, 2.75) is 38.6 Å². The molecule has 0 saturated carbocycles. The number of nitrogens with one attached hydrogen (secondary N) is 2. The lowest BCUT2D eigenvalue weighted by Gasteiger charge is -2.12. The second-order valence-electron chi connectivity index (χ2n) is 5.93. The standard InChI is InChI=1S/C17H21N3O3S/c1-11(2)20-24(22,23)14-6-5-13(4)15(10-14)17(21)19-16-9-12(3)7-8-18-16/h5-11,20H,1-4H3,(H,18,19,21). The van der Waals surface area contributed by atoms with Gasteiger partial charge in [-0.05, 0) is 63.1 Å². The normalized spacial score (nSPS) is 11.5. The van der Waals surface area contributed by atoms with Gasteiger partial charge in [-0.25, -0.2) is 18.1 Å². The minimum absolute atomic E-state index is 0.0594. The first kappa shape index (κ1) is 18.1. The van der Waals surface area contributed by atoms with Crippen molar-refractivity contribution in [1.82, 2.24) is 9.71 Å². The van der Waals surface area contributed by atoms with Gasteiger partial charge in [-0.3, -0.25) is 4.79 Å². The molecule has 1 aromatic carbocycles. The summed E-state index contributed by atoms with van der Waals surface area (Å²) in [5, 5.41) is 2.69. The number of sulfonamides is 1. The molecule has 0 aliphatic rings. The Balaban J connectivity index is 2.33. The summed E-state index contributed by atoms with van der Waals surface area (Å²) < 4.78 is 27.1. The largest absolute Gasteiger partial charge is 0.307 e. The van der Waals surface area contributed by atoms with E-state index in [9.17, 15) is 13.2 Å². The van der Waals surface area contributed by atoms with E-state index in [1.165, 1.54) is 12.1 Å². The molecule has 2 rings (SSSR count). The smallest absolute Gasteiger partial charge is 0.257 e. The molecular weight excluding hydrogens is 326 g/mol. The Labute approximate surface area is 142 Å². The predicted molar refractivity (Wildman–Crippen MR) is 93.6 cm³/mol. The molecule has 1 aromatic heterocycles. The van der Waals surface area contributed by atoms with Crippen LogP contribution in [0.4, 0.5) is 5.82 Å². The summed E-state index contributed by atoms with van der Waals surface area (Å²) in [4.78, 5) is 16.6. The van der Waals surface area contributed by atoms with Crippen LogP contribution >= 0.6 is 0 Å². The van der Waals surface area contributed by atoms with Gasteiger partial charge < -0.3 is 5.32 Å². The van der Waals surface area contributed by atoms with Crippen molar-refractivity contribution in [3.8, 4) is 0 Å². The van der Waals surface area contributed by atoms with E-state index in [0.717, 1.165) is 5.56 Å². The van der Waals surface area contributed by atoms with E-state index in [2.05, 4.69) is 15.0 Å². The van der Waals surface area contributed by atoms with Crippen LogP contribution in [0.1, 0.15) is 35.3 Å². The van der Waals surface area contributed by atoms with Gasteiger partial charge in [0, 0.05) is 17.8 Å². The topological polar surface area (TPSA) is 88.2 Å². The average molecular weight is 347 g/mol. The molecule has 24 heavy (non-hydrogen) atoms. The highest BCUT2D eigenvalue weighted by molar-refractivity contribution is 7.89. The SMILES string of the molecule is Cc1ccnc(NC(=O)c2cc(S(=O)(=O)NC(C)C)ccc2C)c1. The van der Waals surface area contributed by atoms with E-state index in [0.29, 0.717) is 16.9 Å². The third-order valence-corrected chi connectivity index (χ3v) is 4.97. The molecule has 7 heteroatoms. The number of hydrogen-bond donors (Lipinski definition) is 2. The van der Waals surface area contributed by atoms with E-state index in [-0.39, 0.29) is 10.9 Å². The van der Waals surface area contributed by atoms with Gasteiger partial charge >= 0.3 is 0 Å². The van der Waals surface area contributed by atoms with Gasteiger partial charge in [0.2, 0.25) is 10.0 Å². The molecule has 0 spiro atoms. The number of carbonyl (C=O) groups excluding carboxylic acids is 1. The van der Waals surface area contributed by atoms with Crippen LogP contribution in [0.15, 0.2) is 41.4 Å². The molecule has 2 N–H and O–H groups in total. The molecule has 0 bridgehead atoms. The summed E-state index contributed by atoms with van der Waals surface area (Å²) in [6, 6.07) is 7.82. The average Bonchev–Trinajstić information content (AvgIpc) is 2.46. The fourth-order valence-electron chi connectivity index (χ4n) is 2.18. The second-order valence-corrected chi connectivity index (χ2v) is 7.64. The van der Waals surface area contributed by atoms with Gasteiger partial charge in [0.05, 0.1) is 4.90 Å². The summed E-state index contributed by atoms with van der Waals surface area (Å²) in [6.07, 6.45) is 1.60. The van der Waals surface area contributed by atoms with Crippen molar-refractivity contribution < 1.29 is 13.2 Å². The van der Waals surface area contributed by atoms with Crippen LogP contribution in [0.3, 0.4) is 0 Å². The minimum atomic E-state index is -3.66. The molecule has 0 fully saturated rings. The van der Waals surface area contributed by atoms with E-state index in [1.54, 1.807) is 39.1 Å². The molecular formula is C17H21N3O3S. The van der Waals surface area contributed by atoms with Crippen molar-refractivity contribution >= 4 is 21.7 Å². The highest BCUT2D eigenvalue weighted by Gasteiger charge is 2.19. The highest BCUT2D eigenvalue weighted by atomic mass is 32.2. The quantitative estimate of drug-likeness (QED) is 0.870. The summed E-state index contributed by atoms with van der Waals surface area (Å²) in [6.45, 7) is 7.13. The monoisotopic (exact) mass is 347 g/mol. The van der Waals surface area contributed by atoms with Crippen LogP contribution in [0.5, 0.6) is 0 Å². The lowest BCUT2D eigenvalue weighted by molar-refractivity contribution is 0.102. The Morgan fingerprint density at radius 2 is 1.83 bits per heavy atom. The number of nitrogens with zero attached hydrogens (tertiary/aromatic N) is 1. The molecule has 0 radical (unpaired) electrons. The van der Waals surface area contributed by atoms with Gasteiger partial charge in [-0.15, -0.1) is 0 Å². The van der Waals surface area contributed by atoms with Crippen LogP contribution in [0, 0.1) is 13.8 Å². The fourth-order valence-corrected chi connectivity index (χ4v) is 3.46. The molecule has 6 nitrogen and oxygen atoms in total. The zero-order valence-corrected chi connectivity index (χ0v) is 14.9. The first-order valence-corrected chi connectivity index (χ1v) is 9.04. The Hall–Kier alpha value is -2.25. The summed E-state index contributed by atoms with van der Waals surface area (Å²) in [5.41, 5.74) is 1.95. The maximum atomic E-state index is 12.5. The number of anilines is 1. The maximum Gasteiger partial charge on any atom is 0.257 e. The van der Waals surface area contributed by atoms with Gasteiger partial charge in [0.15, 0.2) is 0 Å². The predicted octanol–water partition coefficient (Wildman–Crippen LogP) is 2.64. The van der Waals surface area contributed by atoms with Crippen molar-refractivity contribution in [2.75, 3.05) is 5.32 Å². The molecule has 128 valence electrons. The Kier molecular flexibility index (Phi) is 5.36. The highest BCUT2D eigenvalue weighted by Crippen LogP contribution is 2.17. The number of benzene rings is 1. The molecule has 1 amide bonds. The van der Waals surface area contributed by atoms with Crippen molar-refractivity contribution in [1.29, 1.82) is 0 Å². The summed E-state index contributed by atoms with van der Waals surface area (Å²) in [5.74, 6) is 0.0279. The van der Waals surface area contributed by atoms with Gasteiger partial charge in [0.25, 0.3) is 5.91 Å². The zero-order chi connectivity index (χ0) is 17.9.